The Kier molecular flexibility index (Phi) is 2.31. The van der Waals surface area contributed by atoms with Gasteiger partial charge in [0.05, 0.1) is 5.52 Å². The fraction of sp³-hybridized carbons (Fsp3) is 0. The number of hydrogen-bond acceptors (Lipinski definition) is 5. The Balaban J connectivity index is 1.83. The monoisotopic (exact) mass is 303 g/mol. The molecule has 2 aliphatic heterocycles. The molecule has 3 heterocycles. The van der Waals surface area contributed by atoms with Crippen molar-refractivity contribution in [3.05, 3.63) is 54.6 Å². The molecule has 6 heteroatoms. The van der Waals surface area contributed by atoms with Crippen LogP contribution in [0.5, 0.6) is 0 Å². The van der Waals surface area contributed by atoms with E-state index in [-0.39, 0.29) is 0 Å². The normalized spacial score (nSPS) is 11.6. The first-order valence-electron chi connectivity index (χ1n) is 6.86. The molecule has 0 atom stereocenters. The first kappa shape index (κ1) is 11.8. The number of nitrogens with zero attached hydrogens (tertiary/aromatic N) is 5. The van der Waals surface area contributed by atoms with E-state index in [1.807, 2.05) is 54.6 Å². The third kappa shape index (κ3) is 1.58. The molecular weight excluding hydrogens is 294 g/mol. The molecule has 0 radical (unpaired) electrons. The van der Waals surface area contributed by atoms with Gasteiger partial charge in [0.25, 0.3) is 0 Å². The lowest BCUT2D eigenvalue weighted by molar-refractivity contribution is 0.886. The van der Waals surface area contributed by atoms with Gasteiger partial charge < -0.3 is 0 Å². The number of benzene rings is 2. The molecule has 22 heavy (non-hydrogen) atoms. The van der Waals surface area contributed by atoms with Gasteiger partial charge in [0, 0.05) is 10.9 Å². The summed E-state index contributed by atoms with van der Waals surface area (Å²) in [6.07, 6.45) is 0. The fourth-order valence-corrected chi connectivity index (χ4v) is 3.42. The third-order valence-corrected chi connectivity index (χ3v) is 4.56. The molecule has 5 nitrogen and oxygen atoms in total. The van der Waals surface area contributed by atoms with Gasteiger partial charge in [-0.3, -0.25) is 0 Å². The molecule has 0 N–H and O–H groups in total. The molecule has 2 aromatic carbocycles. The van der Waals surface area contributed by atoms with Gasteiger partial charge in [-0.1, -0.05) is 59.9 Å². The van der Waals surface area contributed by atoms with Crippen molar-refractivity contribution < 1.29 is 0 Å². The van der Waals surface area contributed by atoms with Gasteiger partial charge in [-0.15, -0.1) is 10.2 Å². The molecule has 0 bridgehead atoms. The number of aromatic nitrogens is 5. The zero-order chi connectivity index (χ0) is 14.5. The molecule has 0 saturated heterocycles. The number of hydrogen-bond donors (Lipinski definition) is 0. The Bertz CT molecular complexity index is 1080. The zero-order valence-corrected chi connectivity index (χ0v) is 12.2. The average molecular weight is 303 g/mol. The fourth-order valence-electron chi connectivity index (χ4n) is 2.58. The van der Waals surface area contributed by atoms with Crippen LogP contribution in [0.15, 0.2) is 54.6 Å². The summed E-state index contributed by atoms with van der Waals surface area (Å²) in [6.45, 7) is 0. The maximum Gasteiger partial charge on any atom is 0.235 e. The van der Waals surface area contributed by atoms with Crippen molar-refractivity contribution in [3.63, 3.8) is 0 Å². The predicted molar refractivity (Wildman–Crippen MR) is 86.0 cm³/mol. The summed E-state index contributed by atoms with van der Waals surface area (Å²) < 4.78 is 1.79. The van der Waals surface area contributed by atoms with Crippen molar-refractivity contribution >= 4 is 27.2 Å². The maximum absolute atomic E-state index is 4.68. The predicted octanol–water partition coefficient (Wildman–Crippen LogP) is 3.51. The second kappa shape index (κ2) is 4.32. The standard InChI is InChI=1S/C16H9N5S/c1-2-6-10(7-3-1)15-20-21-14-13(18-19-16(21)22-15)11-8-4-5-9-12(11)17-14/h1-9H. The van der Waals surface area contributed by atoms with Crippen LogP contribution in [0.3, 0.4) is 0 Å². The highest BCUT2D eigenvalue weighted by Crippen LogP contribution is 2.31. The van der Waals surface area contributed by atoms with Gasteiger partial charge in [-0.25, -0.2) is 4.98 Å². The molecule has 2 aliphatic rings. The second-order valence-corrected chi connectivity index (χ2v) is 5.92. The van der Waals surface area contributed by atoms with Crippen LogP contribution >= 0.6 is 11.3 Å². The van der Waals surface area contributed by atoms with Crippen molar-refractivity contribution in [1.29, 1.82) is 0 Å². The quantitative estimate of drug-likeness (QED) is 0.475. The van der Waals surface area contributed by atoms with E-state index in [1.165, 1.54) is 11.3 Å². The topological polar surface area (TPSA) is 56.0 Å². The van der Waals surface area contributed by atoms with Crippen LogP contribution in [0.4, 0.5) is 0 Å². The summed E-state index contributed by atoms with van der Waals surface area (Å²) in [4.78, 5) is 5.40. The Morgan fingerprint density at radius 2 is 1.68 bits per heavy atom. The highest BCUT2D eigenvalue weighted by Gasteiger charge is 2.20. The lowest BCUT2D eigenvalue weighted by Crippen LogP contribution is -1.99. The van der Waals surface area contributed by atoms with E-state index in [0.717, 1.165) is 38.0 Å². The van der Waals surface area contributed by atoms with E-state index >= 15 is 0 Å². The summed E-state index contributed by atoms with van der Waals surface area (Å²) in [5.41, 5.74) is 2.78. The molecule has 0 amide bonds. The first-order valence-corrected chi connectivity index (χ1v) is 7.68. The van der Waals surface area contributed by atoms with Crippen LogP contribution in [-0.2, 0) is 0 Å². The van der Waals surface area contributed by atoms with Crippen LogP contribution in [0.1, 0.15) is 0 Å². The SMILES string of the molecule is c1ccc(-c2nn3c4nc5ccccc5c-4nnc3s2)cc1. The summed E-state index contributed by atoms with van der Waals surface area (Å²) in [5, 5.41) is 15.2. The van der Waals surface area contributed by atoms with Crippen LogP contribution in [0.25, 0.3) is 38.0 Å². The minimum Gasteiger partial charge on any atom is -0.226 e. The van der Waals surface area contributed by atoms with E-state index in [1.54, 1.807) is 4.52 Å². The number of para-hydroxylation sites is 1. The lowest BCUT2D eigenvalue weighted by Gasteiger charge is -1.97. The van der Waals surface area contributed by atoms with Crippen LogP contribution < -0.4 is 0 Å². The summed E-state index contributed by atoms with van der Waals surface area (Å²) >= 11 is 1.51. The van der Waals surface area contributed by atoms with Crippen molar-refractivity contribution in [2.75, 3.05) is 0 Å². The van der Waals surface area contributed by atoms with Gasteiger partial charge >= 0.3 is 0 Å². The van der Waals surface area contributed by atoms with Gasteiger partial charge in [0.1, 0.15) is 10.7 Å². The van der Waals surface area contributed by atoms with E-state index in [0.29, 0.717) is 0 Å². The van der Waals surface area contributed by atoms with E-state index in [2.05, 4.69) is 20.3 Å². The number of rotatable bonds is 1. The lowest BCUT2D eigenvalue weighted by atomic mass is 10.2. The van der Waals surface area contributed by atoms with Crippen molar-refractivity contribution in [2.24, 2.45) is 0 Å². The highest BCUT2D eigenvalue weighted by atomic mass is 32.1. The smallest absolute Gasteiger partial charge is 0.226 e. The average Bonchev–Trinajstić information content (AvgIpc) is 3.16. The maximum atomic E-state index is 4.68. The molecule has 1 aromatic heterocycles. The largest absolute Gasteiger partial charge is 0.235 e. The summed E-state index contributed by atoms with van der Waals surface area (Å²) in [6, 6.07) is 18.0. The molecule has 0 saturated carbocycles. The molecule has 0 spiro atoms. The minimum atomic E-state index is 0.745. The van der Waals surface area contributed by atoms with E-state index < -0.39 is 0 Å². The Labute approximate surface area is 129 Å². The second-order valence-electron chi connectivity index (χ2n) is 4.97. The van der Waals surface area contributed by atoms with E-state index in [9.17, 15) is 0 Å². The molecule has 5 rings (SSSR count). The Morgan fingerprint density at radius 3 is 2.59 bits per heavy atom. The summed E-state index contributed by atoms with van der Waals surface area (Å²) in [7, 11) is 0. The van der Waals surface area contributed by atoms with Crippen molar-refractivity contribution in [2.45, 2.75) is 0 Å². The van der Waals surface area contributed by atoms with Gasteiger partial charge in [-0.2, -0.15) is 9.61 Å². The minimum absolute atomic E-state index is 0.745. The van der Waals surface area contributed by atoms with Gasteiger partial charge in [-0.05, 0) is 6.07 Å². The van der Waals surface area contributed by atoms with Gasteiger partial charge in [0.2, 0.25) is 4.96 Å². The Hall–Kier alpha value is -2.86. The Morgan fingerprint density at radius 1 is 0.864 bits per heavy atom. The highest BCUT2D eigenvalue weighted by molar-refractivity contribution is 7.19. The van der Waals surface area contributed by atoms with Crippen LogP contribution in [0, 0.1) is 0 Å². The molecule has 104 valence electrons. The van der Waals surface area contributed by atoms with Crippen molar-refractivity contribution in [1.82, 2.24) is 24.8 Å². The first-order chi connectivity index (χ1) is 10.9. The molecular formula is C16H9N5S. The summed E-state index contributed by atoms with van der Waals surface area (Å²) in [5.74, 6) is 0.754. The van der Waals surface area contributed by atoms with Crippen molar-refractivity contribution in [3.8, 4) is 22.1 Å². The van der Waals surface area contributed by atoms with Crippen LogP contribution in [-0.4, -0.2) is 24.8 Å². The van der Waals surface area contributed by atoms with E-state index in [4.69, 9.17) is 0 Å². The molecule has 0 aliphatic carbocycles. The molecule has 0 unspecified atom stereocenters. The molecule has 3 aromatic rings. The van der Waals surface area contributed by atoms with Gasteiger partial charge in [0.15, 0.2) is 5.82 Å². The number of fused-ring (bicyclic) bond motifs is 5. The third-order valence-electron chi connectivity index (χ3n) is 3.61. The molecule has 0 fully saturated rings. The van der Waals surface area contributed by atoms with Crippen LogP contribution in [0.2, 0.25) is 0 Å². The zero-order valence-electron chi connectivity index (χ0n) is 11.3.